The lowest BCUT2D eigenvalue weighted by Crippen LogP contribution is -2.57. The normalized spacial score (nSPS) is 18.7. The molecule has 362 valence electrons. The lowest BCUT2D eigenvalue weighted by atomic mass is 9.91. The summed E-state index contributed by atoms with van der Waals surface area (Å²) in [5, 5.41) is 30.7. The Kier molecular flexibility index (Phi) is 24.9. The van der Waals surface area contributed by atoms with Crippen molar-refractivity contribution in [1.29, 1.82) is 0 Å². The van der Waals surface area contributed by atoms with Crippen LogP contribution in [0.1, 0.15) is 105 Å². The number of thioether (sulfide) groups is 1. The maximum atomic E-state index is 13.7. The predicted molar refractivity (Wildman–Crippen MR) is 239 cm³/mol. The number of primary amides is 1. The number of hydroxylamine groups is 1. The molecule has 0 aromatic rings. The van der Waals surface area contributed by atoms with E-state index in [4.69, 9.17) is 22.4 Å². The van der Waals surface area contributed by atoms with Crippen molar-refractivity contribution < 1.29 is 48.4 Å². The van der Waals surface area contributed by atoms with Gasteiger partial charge in [0.2, 0.25) is 47.3 Å². The van der Waals surface area contributed by atoms with E-state index in [-0.39, 0.29) is 68.1 Å². The molecule has 1 unspecified atom stereocenters. The third-order valence-electron chi connectivity index (χ3n) is 10.9. The van der Waals surface area contributed by atoms with Crippen molar-refractivity contribution in [1.82, 2.24) is 48.0 Å². The van der Waals surface area contributed by atoms with Gasteiger partial charge in [0.25, 0.3) is 0 Å². The summed E-state index contributed by atoms with van der Waals surface area (Å²) in [6, 6.07) is -3.16. The number of fused-ring (bicyclic) bond motifs is 1. The van der Waals surface area contributed by atoms with Gasteiger partial charge in [-0.05, 0) is 63.2 Å². The van der Waals surface area contributed by atoms with Gasteiger partial charge in [0.15, 0.2) is 5.96 Å². The number of hydrogen-bond donors (Lipinski definition) is 13. The van der Waals surface area contributed by atoms with Crippen molar-refractivity contribution >= 4 is 71.0 Å². The molecule has 2 fully saturated rings. The molecule has 0 radical (unpaired) electrons. The fourth-order valence-corrected chi connectivity index (χ4v) is 8.80. The molecule has 23 nitrogen and oxygen atoms in total. The molecule has 0 bridgehead atoms. The molecule has 2 saturated heterocycles. The number of nitrogens with zero attached hydrogens (tertiary/aromatic N) is 1. The van der Waals surface area contributed by atoms with Gasteiger partial charge < -0.3 is 59.7 Å². The molecule has 0 aromatic carbocycles. The van der Waals surface area contributed by atoms with Crippen molar-refractivity contribution in [3.05, 3.63) is 0 Å². The van der Waals surface area contributed by atoms with E-state index in [0.29, 0.717) is 43.9 Å². The summed E-state index contributed by atoms with van der Waals surface area (Å²) in [5.41, 5.74) is 17.9. The molecule has 0 spiro atoms. The average Bonchev–Trinajstić information content (AvgIpc) is 3.80. The van der Waals surface area contributed by atoms with Gasteiger partial charge in [0.05, 0.1) is 25.2 Å². The van der Waals surface area contributed by atoms with Crippen LogP contribution in [-0.2, 0) is 38.4 Å². The summed E-state index contributed by atoms with van der Waals surface area (Å²) in [6.45, 7) is 6.65. The highest BCUT2D eigenvalue weighted by molar-refractivity contribution is 8.00. The second kappa shape index (κ2) is 29.1. The zero-order valence-corrected chi connectivity index (χ0v) is 38.2. The minimum atomic E-state index is -1.20. The van der Waals surface area contributed by atoms with Crippen LogP contribution in [0, 0.1) is 17.8 Å². The van der Waals surface area contributed by atoms with Crippen LogP contribution in [0.2, 0.25) is 0 Å². The van der Waals surface area contributed by atoms with E-state index in [1.165, 1.54) is 5.48 Å². The van der Waals surface area contributed by atoms with Gasteiger partial charge in [0, 0.05) is 42.9 Å². The Morgan fingerprint density at radius 2 is 1.48 bits per heavy atom. The number of rotatable bonds is 31. The summed E-state index contributed by atoms with van der Waals surface area (Å²) in [4.78, 5) is 117. The summed E-state index contributed by atoms with van der Waals surface area (Å²) >= 11 is 1.83. The van der Waals surface area contributed by atoms with E-state index in [9.17, 15) is 43.2 Å². The van der Waals surface area contributed by atoms with Gasteiger partial charge in [-0.2, -0.15) is 11.8 Å². The molecule has 2 rings (SSSR count). The van der Waals surface area contributed by atoms with Crippen LogP contribution in [0.3, 0.4) is 0 Å². The number of carbonyl (C=O) groups is 9. The lowest BCUT2D eigenvalue weighted by molar-refractivity contribution is -0.137. The Balaban J connectivity index is 1.82. The summed E-state index contributed by atoms with van der Waals surface area (Å²) in [7, 11) is 0. The minimum Gasteiger partial charge on any atom is -0.370 e. The standard InChI is InChI=1S/C40H71N13O10S/c1-5-23(4)33(51-36(59)24(17-22(2)3)18-30(55)53-63)38(61)49-26(12-10-16-45-39(42)43)37(60)47-19-31(56)46-20-32(57)48-25(35(41)58)11-8-9-15-44-29(54)14-7-6-13-28-34-27(21-64-28)50-40(62)52-34/h22-28,33-34,63H,5-21H2,1-4H3,(H2,41,58)(H,44,54)(H,46,56)(H,47,60)(H,48,57)(H,49,61)(H,51,59)(H,53,55)(H4,42,43,45)(H2,50,52,62)/t23-,24?,25-,26-,27-,28-,33-,34-/m0/s1. The van der Waals surface area contributed by atoms with Crippen molar-refractivity contribution in [2.75, 3.05) is 31.9 Å². The fourth-order valence-electron chi connectivity index (χ4n) is 7.26. The predicted octanol–water partition coefficient (Wildman–Crippen LogP) is -2.17. The van der Waals surface area contributed by atoms with E-state index < -0.39 is 84.4 Å². The maximum absolute atomic E-state index is 13.7. The first-order chi connectivity index (χ1) is 30.3. The van der Waals surface area contributed by atoms with Crippen LogP contribution in [0.15, 0.2) is 4.99 Å². The molecule has 2 aliphatic rings. The number of aliphatic imine (C=N–C) groups is 1. The molecular formula is C40H71N13O10S. The number of nitrogens with one attached hydrogen (secondary N) is 9. The van der Waals surface area contributed by atoms with Crippen molar-refractivity contribution in [2.24, 2.45) is 39.9 Å². The van der Waals surface area contributed by atoms with Crippen molar-refractivity contribution in [3.8, 4) is 0 Å². The van der Waals surface area contributed by atoms with Gasteiger partial charge in [-0.15, -0.1) is 0 Å². The van der Waals surface area contributed by atoms with Crippen LogP contribution < -0.4 is 65.2 Å². The molecule has 0 aromatic heterocycles. The topological polar surface area (TPSA) is 373 Å². The first-order valence-electron chi connectivity index (χ1n) is 22.0. The van der Waals surface area contributed by atoms with Gasteiger partial charge in [-0.1, -0.05) is 40.5 Å². The molecule has 0 aliphatic carbocycles. The maximum Gasteiger partial charge on any atom is 0.315 e. The lowest BCUT2D eigenvalue weighted by Gasteiger charge is -2.28. The molecule has 2 aliphatic heterocycles. The number of carbonyl (C=O) groups excluding carboxylic acids is 9. The van der Waals surface area contributed by atoms with Crippen molar-refractivity contribution in [3.63, 3.8) is 0 Å². The van der Waals surface area contributed by atoms with Crippen LogP contribution in [0.25, 0.3) is 0 Å². The quantitative estimate of drug-likeness (QED) is 0.00881. The second-order valence-corrected chi connectivity index (χ2v) is 17.9. The molecule has 0 saturated carbocycles. The molecular weight excluding hydrogens is 855 g/mol. The van der Waals surface area contributed by atoms with E-state index in [2.05, 4.69) is 47.5 Å². The monoisotopic (exact) mass is 926 g/mol. The third-order valence-corrected chi connectivity index (χ3v) is 12.4. The third kappa shape index (κ3) is 20.9. The Morgan fingerprint density at radius 3 is 2.14 bits per heavy atom. The number of hydrogen-bond acceptors (Lipinski definition) is 12. The van der Waals surface area contributed by atoms with E-state index in [1.807, 2.05) is 32.5 Å². The Bertz CT molecular complexity index is 1630. The average molecular weight is 926 g/mol. The van der Waals surface area contributed by atoms with Gasteiger partial charge in [0.1, 0.15) is 18.1 Å². The van der Waals surface area contributed by atoms with Gasteiger partial charge >= 0.3 is 6.03 Å². The number of urea groups is 1. The van der Waals surface area contributed by atoms with Crippen molar-refractivity contribution in [2.45, 2.75) is 140 Å². The largest absolute Gasteiger partial charge is 0.370 e. The number of nitrogens with two attached hydrogens (primary N) is 3. The smallest absolute Gasteiger partial charge is 0.315 e. The molecule has 8 atom stereocenters. The summed E-state index contributed by atoms with van der Waals surface area (Å²) in [5.74, 6) is -5.61. The number of amides is 10. The molecule has 16 N–H and O–H groups in total. The zero-order valence-electron chi connectivity index (χ0n) is 37.4. The first-order valence-corrected chi connectivity index (χ1v) is 23.1. The molecule has 2 heterocycles. The van der Waals surface area contributed by atoms with Crippen LogP contribution in [0.5, 0.6) is 0 Å². The van der Waals surface area contributed by atoms with Crippen LogP contribution in [-0.4, -0.2) is 132 Å². The Morgan fingerprint density at radius 1 is 0.781 bits per heavy atom. The zero-order chi connectivity index (χ0) is 47.8. The summed E-state index contributed by atoms with van der Waals surface area (Å²) < 4.78 is 0. The Hall–Kier alpha value is -5.39. The van der Waals surface area contributed by atoms with E-state index >= 15 is 0 Å². The summed E-state index contributed by atoms with van der Waals surface area (Å²) in [6.07, 6.45) is 4.80. The van der Waals surface area contributed by atoms with Crippen LogP contribution >= 0.6 is 11.8 Å². The van der Waals surface area contributed by atoms with E-state index in [1.54, 1.807) is 6.92 Å². The highest BCUT2D eigenvalue weighted by Gasteiger charge is 2.42. The molecule has 24 heteroatoms. The first kappa shape index (κ1) is 54.7. The minimum absolute atomic E-state index is 0.0128. The van der Waals surface area contributed by atoms with Gasteiger partial charge in [-0.25, -0.2) is 10.3 Å². The molecule has 10 amide bonds. The number of unbranched alkanes of at least 4 members (excludes halogenated alkanes) is 2. The highest BCUT2D eigenvalue weighted by atomic mass is 32.2. The SMILES string of the molecule is CC[C@H](C)[C@H](NC(=O)C(CC(=O)NO)CC(C)C)C(=O)N[C@@H](CCCN=C(N)N)C(=O)NCC(=O)NCC(=O)N[C@@H](CCCCNC(=O)CCCC[C@@H]1SC[C@@H]2NC(=O)N[C@@H]21)C(N)=O. The Labute approximate surface area is 378 Å². The number of guanidine groups is 1. The highest BCUT2D eigenvalue weighted by Crippen LogP contribution is 2.33. The van der Waals surface area contributed by atoms with E-state index in [0.717, 1.165) is 25.0 Å². The second-order valence-electron chi connectivity index (χ2n) is 16.7. The van der Waals surface area contributed by atoms with Crippen LogP contribution in [0.4, 0.5) is 4.79 Å². The fraction of sp³-hybridized carbons (Fsp3) is 0.750. The molecule has 64 heavy (non-hydrogen) atoms. The van der Waals surface area contributed by atoms with Gasteiger partial charge in [-0.3, -0.25) is 48.6 Å².